The molecule has 0 aliphatic carbocycles. The van der Waals surface area contributed by atoms with Crippen molar-refractivity contribution in [3.05, 3.63) is 109 Å². The van der Waals surface area contributed by atoms with Gasteiger partial charge in [0.25, 0.3) is 0 Å². The second-order valence-corrected chi connectivity index (χ2v) is 6.46. The quantitative estimate of drug-likeness (QED) is 0.316. The summed E-state index contributed by atoms with van der Waals surface area (Å²) >= 11 is 0. The number of rotatable bonds is 8. The molecule has 0 fully saturated rings. The number of halogens is 2. The summed E-state index contributed by atoms with van der Waals surface area (Å²) in [5, 5.41) is 0. The van der Waals surface area contributed by atoms with Crippen LogP contribution in [-0.4, -0.2) is 7.69 Å². The van der Waals surface area contributed by atoms with Crippen LogP contribution < -0.4 is 18.8 Å². The van der Waals surface area contributed by atoms with Gasteiger partial charge < -0.3 is 18.8 Å². The van der Waals surface area contributed by atoms with Crippen molar-refractivity contribution >= 4 is 7.69 Å². The van der Waals surface area contributed by atoms with E-state index < -0.39 is 0 Å². The van der Waals surface area contributed by atoms with Gasteiger partial charge >= 0.3 is 7.69 Å². The van der Waals surface area contributed by atoms with Crippen LogP contribution in [0.15, 0.2) is 97.1 Å². The Morgan fingerprint density at radius 2 is 0.645 bits per heavy atom. The molecule has 0 amide bonds. The molecule has 0 saturated carbocycles. The van der Waals surface area contributed by atoms with E-state index in [2.05, 4.69) is 0 Å². The number of hydrogen-bond acceptors (Lipinski definition) is 4. The van der Waals surface area contributed by atoms with E-state index in [-0.39, 0.29) is 19.3 Å². The van der Waals surface area contributed by atoms with Crippen LogP contribution in [0.3, 0.4) is 0 Å². The number of ether oxygens (including phenoxy) is 2. The van der Waals surface area contributed by atoms with Gasteiger partial charge in [-0.15, -0.1) is 0 Å². The first-order valence-corrected chi connectivity index (χ1v) is 9.47. The summed E-state index contributed by atoms with van der Waals surface area (Å²) in [6, 6.07) is 25.6. The average molecular weight is 418 g/mol. The summed E-state index contributed by atoms with van der Waals surface area (Å²) in [6.07, 6.45) is 0. The van der Waals surface area contributed by atoms with Gasteiger partial charge in [-0.2, -0.15) is 0 Å². The lowest BCUT2D eigenvalue weighted by molar-refractivity contribution is 0.452. The van der Waals surface area contributed by atoms with Crippen LogP contribution in [0.25, 0.3) is 0 Å². The molecule has 31 heavy (non-hydrogen) atoms. The first-order chi connectivity index (χ1) is 15.1. The molecular formula is C24H17BF2O4. The summed E-state index contributed by atoms with van der Waals surface area (Å²) < 4.78 is 48.3. The monoisotopic (exact) mass is 418 g/mol. The van der Waals surface area contributed by atoms with Crippen LogP contribution in [0.4, 0.5) is 8.78 Å². The Hall–Kier alpha value is -4.00. The van der Waals surface area contributed by atoms with Crippen molar-refractivity contribution in [3.8, 4) is 34.5 Å². The molecule has 0 saturated heterocycles. The summed E-state index contributed by atoms with van der Waals surface area (Å²) in [6.45, 7) is 0. The standard InChI is InChI=1S/C24H17BF2O4/c26-17-1-5-19(6-2-17)28-21-9-13-23(14-10-21)30-25-31-24-15-11-22(12-16-24)29-20-7-3-18(27)4-8-20/h1-16,25H. The molecule has 0 unspecified atom stereocenters. The lowest BCUT2D eigenvalue weighted by atomic mass is 10.2. The zero-order valence-electron chi connectivity index (χ0n) is 16.3. The van der Waals surface area contributed by atoms with Gasteiger partial charge in [-0.05, 0) is 97.1 Å². The lowest BCUT2D eigenvalue weighted by Crippen LogP contribution is -2.10. The third-order valence-electron chi connectivity index (χ3n) is 4.20. The lowest BCUT2D eigenvalue weighted by Gasteiger charge is -2.10. The van der Waals surface area contributed by atoms with Crippen molar-refractivity contribution in [1.29, 1.82) is 0 Å². The third-order valence-corrected chi connectivity index (χ3v) is 4.20. The molecule has 4 rings (SSSR count). The molecule has 0 aromatic heterocycles. The van der Waals surface area contributed by atoms with Crippen molar-refractivity contribution in [2.75, 3.05) is 0 Å². The van der Waals surface area contributed by atoms with Crippen LogP contribution in [0, 0.1) is 11.6 Å². The van der Waals surface area contributed by atoms with Crippen LogP contribution in [0.2, 0.25) is 0 Å². The SMILES string of the molecule is Fc1ccc(Oc2ccc(OBOc3ccc(Oc4ccc(F)cc4)cc3)cc2)cc1. The highest BCUT2D eigenvalue weighted by Crippen LogP contribution is 2.25. The Morgan fingerprint density at radius 3 is 0.968 bits per heavy atom. The first-order valence-electron chi connectivity index (χ1n) is 9.47. The Kier molecular flexibility index (Phi) is 6.33. The molecule has 0 aliphatic rings. The van der Waals surface area contributed by atoms with Gasteiger partial charge in [-0.25, -0.2) is 8.78 Å². The smallest absolute Gasteiger partial charge is 0.529 e. The topological polar surface area (TPSA) is 36.9 Å². The van der Waals surface area contributed by atoms with Gasteiger partial charge in [-0.3, -0.25) is 0 Å². The van der Waals surface area contributed by atoms with E-state index in [0.717, 1.165) is 0 Å². The molecule has 7 heteroatoms. The van der Waals surface area contributed by atoms with Crippen molar-refractivity contribution in [3.63, 3.8) is 0 Å². The van der Waals surface area contributed by atoms with E-state index >= 15 is 0 Å². The molecule has 154 valence electrons. The maximum atomic E-state index is 12.9. The van der Waals surface area contributed by atoms with E-state index in [1.807, 2.05) is 0 Å². The maximum absolute atomic E-state index is 12.9. The Balaban J connectivity index is 1.24. The molecule has 0 atom stereocenters. The molecule has 0 radical (unpaired) electrons. The van der Waals surface area contributed by atoms with Crippen molar-refractivity contribution in [2.24, 2.45) is 0 Å². The molecule has 4 aromatic rings. The molecular weight excluding hydrogens is 401 g/mol. The third kappa shape index (κ3) is 5.99. The minimum absolute atomic E-state index is 0.0241. The fourth-order valence-corrected chi connectivity index (χ4v) is 2.65. The molecule has 4 nitrogen and oxygen atoms in total. The largest absolute Gasteiger partial charge is 0.576 e. The minimum atomic E-state index is -0.314. The van der Waals surface area contributed by atoms with Crippen molar-refractivity contribution in [2.45, 2.75) is 0 Å². The van der Waals surface area contributed by atoms with Crippen LogP contribution in [0.1, 0.15) is 0 Å². The van der Waals surface area contributed by atoms with Crippen LogP contribution in [-0.2, 0) is 0 Å². The number of benzene rings is 4. The molecule has 0 aliphatic heterocycles. The summed E-state index contributed by atoms with van der Waals surface area (Å²) in [7, 11) is 0.0241. The van der Waals surface area contributed by atoms with Gasteiger partial charge in [0.2, 0.25) is 0 Å². The van der Waals surface area contributed by atoms with Crippen molar-refractivity contribution < 1.29 is 27.6 Å². The van der Waals surface area contributed by atoms with E-state index in [1.165, 1.54) is 24.3 Å². The van der Waals surface area contributed by atoms with E-state index in [4.69, 9.17) is 18.8 Å². The predicted octanol–water partition coefficient (Wildman–Crippen LogP) is 6.27. The van der Waals surface area contributed by atoms with Gasteiger partial charge in [0, 0.05) is 0 Å². The second-order valence-electron chi connectivity index (χ2n) is 6.46. The summed E-state index contributed by atoms with van der Waals surface area (Å²) in [4.78, 5) is 0. The van der Waals surface area contributed by atoms with E-state index in [1.54, 1.807) is 72.8 Å². The van der Waals surface area contributed by atoms with Gasteiger partial charge in [-0.1, -0.05) is 0 Å². The molecule has 0 heterocycles. The van der Waals surface area contributed by atoms with Crippen LogP contribution >= 0.6 is 0 Å². The van der Waals surface area contributed by atoms with Crippen molar-refractivity contribution in [1.82, 2.24) is 0 Å². The number of hydrogen-bond donors (Lipinski definition) is 0. The average Bonchev–Trinajstić information content (AvgIpc) is 2.79. The molecule has 0 N–H and O–H groups in total. The maximum Gasteiger partial charge on any atom is 0.576 e. The summed E-state index contributed by atoms with van der Waals surface area (Å²) in [5.74, 6) is 2.91. The first kappa shape index (κ1) is 20.3. The predicted molar refractivity (Wildman–Crippen MR) is 114 cm³/mol. The highest BCUT2D eigenvalue weighted by atomic mass is 19.1. The summed E-state index contributed by atoms with van der Waals surface area (Å²) in [5.41, 5.74) is 0. The van der Waals surface area contributed by atoms with Crippen LogP contribution in [0.5, 0.6) is 34.5 Å². The Morgan fingerprint density at radius 1 is 0.387 bits per heavy atom. The zero-order valence-corrected chi connectivity index (χ0v) is 16.3. The second kappa shape index (κ2) is 9.67. The van der Waals surface area contributed by atoms with Gasteiger partial charge in [0.15, 0.2) is 0 Å². The van der Waals surface area contributed by atoms with E-state index in [9.17, 15) is 8.78 Å². The molecule has 4 aromatic carbocycles. The molecule has 0 bridgehead atoms. The fourth-order valence-electron chi connectivity index (χ4n) is 2.65. The normalized spacial score (nSPS) is 10.3. The van der Waals surface area contributed by atoms with E-state index in [0.29, 0.717) is 34.5 Å². The minimum Gasteiger partial charge on any atom is -0.529 e. The zero-order chi connectivity index (χ0) is 21.5. The highest BCUT2D eigenvalue weighted by molar-refractivity contribution is 6.20. The van der Waals surface area contributed by atoms with Gasteiger partial charge in [0.1, 0.15) is 46.1 Å². The van der Waals surface area contributed by atoms with Gasteiger partial charge in [0.05, 0.1) is 0 Å². The Labute approximate surface area is 178 Å². The highest BCUT2D eigenvalue weighted by Gasteiger charge is 2.03. The fraction of sp³-hybridized carbons (Fsp3) is 0. The molecule has 0 spiro atoms. The Bertz CT molecular complexity index is 1010.